The minimum Gasteiger partial charge on any atom is -0.314 e. The van der Waals surface area contributed by atoms with Gasteiger partial charge in [0.2, 0.25) is 0 Å². The van der Waals surface area contributed by atoms with Crippen LogP contribution in [-0.2, 0) is 0 Å². The summed E-state index contributed by atoms with van der Waals surface area (Å²) in [6, 6.07) is 1.61. The Hall–Kier alpha value is -0.120. The van der Waals surface area contributed by atoms with Crippen LogP contribution in [0.4, 0.5) is 0 Å². The van der Waals surface area contributed by atoms with Crippen molar-refractivity contribution in [3.05, 3.63) is 0 Å². The van der Waals surface area contributed by atoms with E-state index in [1.54, 1.807) is 0 Å². The van der Waals surface area contributed by atoms with Gasteiger partial charge in [0, 0.05) is 44.8 Å². The standard InChI is InChI=1S/C15H31N3/c1-13(2)12-17-8-10-18(11-9-17)14(3)6-7-16-15-4-5-15/h13-16H,4-12H2,1-3H3. The predicted molar refractivity (Wildman–Crippen MR) is 78.0 cm³/mol. The molecule has 1 saturated heterocycles. The fraction of sp³-hybridized carbons (Fsp3) is 1.00. The molecule has 2 rings (SSSR count). The first-order valence-electron chi connectivity index (χ1n) is 7.85. The zero-order valence-corrected chi connectivity index (χ0v) is 12.5. The molecule has 0 amide bonds. The molecule has 2 aliphatic rings. The van der Waals surface area contributed by atoms with Crippen molar-refractivity contribution in [1.29, 1.82) is 0 Å². The average molecular weight is 253 g/mol. The van der Waals surface area contributed by atoms with Gasteiger partial charge in [0.15, 0.2) is 0 Å². The van der Waals surface area contributed by atoms with Gasteiger partial charge in [-0.2, -0.15) is 0 Å². The third-order valence-electron chi connectivity index (χ3n) is 4.23. The minimum absolute atomic E-state index is 0.748. The second-order valence-electron chi connectivity index (χ2n) is 6.60. The van der Waals surface area contributed by atoms with Crippen molar-refractivity contribution < 1.29 is 0 Å². The molecule has 0 aromatic carbocycles. The highest BCUT2D eigenvalue weighted by atomic mass is 15.3. The molecule has 3 heteroatoms. The lowest BCUT2D eigenvalue weighted by atomic mass is 10.1. The number of nitrogens with one attached hydrogen (secondary N) is 1. The number of hydrogen-bond acceptors (Lipinski definition) is 3. The van der Waals surface area contributed by atoms with Crippen molar-refractivity contribution in [3.63, 3.8) is 0 Å². The van der Waals surface area contributed by atoms with E-state index in [1.807, 2.05) is 0 Å². The lowest BCUT2D eigenvalue weighted by Crippen LogP contribution is -2.50. The zero-order chi connectivity index (χ0) is 13.0. The van der Waals surface area contributed by atoms with Crippen LogP contribution in [0, 0.1) is 5.92 Å². The van der Waals surface area contributed by atoms with Gasteiger partial charge in [0.25, 0.3) is 0 Å². The maximum absolute atomic E-state index is 3.62. The number of rotatable bonds is 7. The first-order valence-corrected chi connectivity index (χ1v) is 7.85. The van der Waals surface area contributed by atoms with Crippen LogP contribution >= 0.6 is 0 Å². The van der Waals surface area contributed by atoms with Gasteiger partial charge in [0.1, 0.15) is 0 Å². The summed E-state index contributed by atoms with van der Waals surface area (Å²) in [4.78, 5) is 5.29. The summed E-state index contributed by atoms with van der Waals surface area (Å²) < 4.78 is 0. The van der Waals surface area contributed by atoms with E-state index < -0.39 is 0 Å². The van der Waals surface area contributed by atoms with Gasteiger partial charge in [-0.1, -0.05) is 13.8 Å². The van der Waals surface area contributed by atoms with Gasteiger partial charge in [0.05, 0.1) is 0 Å². The van der Waals surface area contributed by atoms with E-state index in [1.165, 1.54) is 58.5 Å². The molecular weight excluding hydrogens is 222 g/mol. The summed E-state index contributed by atoms with van der Waals surface area (Å²) in [7, 11) is 0. The molecule has 1 aliphatic carbocycles. The van der Waals surface area contributed by atoms with E-state index in [0.717, 1.165) is 18.0 Å². The van der Waals surface area contributed by atoms with Gasteiger partial charge in [-0.05, 0) is 38.6 Å². The van der Waals surface area contributed by atoms with Crippen LogP contribution in [0.15, 0.2) is 0 Å². The molecule has 0 bridgehead atoms. The summed E-state index contributed by atoms with van der Waals surface area (Å²) in [5, 5.41) is 3.62. The molecule has 0 aromatic rings. The zero-order valence-electron chi connectivity index (χ0n) is 12.5. The molecule has 0 aromatic heterocycles. The smallest absolute Gasteiger partial charge is 0.0113 e. The highest BCUT2D eigenvalue weighted by molar-refractivity contribution is 4.82. The van der Waals surface area contributed by atoms with Crippen molar-refractivity contribution in [2.24, 2.45) is 5.92 Å². The molecule has 1 aliphatic heterocycles. The van der Waals surface area contributed by atoms with Crippen LogP contribution in [0.1, 0.15) is 40.0 Å². The maximum atomic E-state index is 3.62. The van der Waals surface area contributed by atoms with Crippen LogP contribution in [-0.4, -0.2) is 61.2 Å². The molecular formula is C15H31N3. The van der Waals surface area contributed by atoms with Crippen molar-refractivity contribution in [2.75, 3.05) is 39.3 Å². The van der Waals surface area contributed by atoms with Crippen molar-refractivity contribution in [2.45, 2.75) is 52.1 Å². The summed E-state index contributed by atoms with van der Waals surface area (Å²) in [5.74, 6) is 0.803. The monoisotopic (exact) mass is 253 g/mol. The van der Waals surface area contributed by atoms with Gasteiger partial charge >= 0.3 is 0 Å². The maximum Gasteiger partial charge on any atom is 0.0113 e. The second kappa shape index (κ2) is 6.88. The Morgan fingerprint density at radius 3 is 2.28 bits per heavy atom. The largest absolute Gasteiger partial charge is 0.314 e. The minimum atomic E-state index is 0.748. The fourth-order valence-electron chi connectivity index (χ4n) is 2.87. The molecule has 0 spiro atoms. The highest BCUT2D eigenvalue weighted by Gasteiger charge is 2.23. The third kappa shape index (κ3) is 4.87. The topological polar surface area (TPSA) is 18.5 Å². The fourth-order valence-corrected chi connectivity index (χ4v) is 2.87. The Morgan fingerprint density at radius 1 is 1.06 bits per heavy atom. The van der Waals surface area contributed by atoms with E-state index in [-0.39, 0.29) is 0 Å². The van der Waals surface area contributed by atoms with E-state index in [2.05, 4.69) is 35.9 Å². The molecule has 1 saturated carbocycles. The second-order valence-corrected chi connectivity index (χ2v) is 6.60. The predicted octanol–water partition coefficient (Wildman–Crippen LogP) is 1.79. The van der Waals surface area contributed by atoms with E-state index in [9.17, 15) is 0 Å². The number of piperazine rings is 1. The molecule has 1 heterocycles. The van der Waals surface area contributed by atoms with Crippen LogP contribution in [0.3, 0.4) is 0 Å². The van der Waals surface area contributed by atoms with Gasteiger partial charge in [-0.15, -0.1) is 0 Å². The Balaban J connectivity index is 1.58. The van der Waals surface area contributed by atoms with Gasteiger partial charge in [-0.3, -0.25) is 4.90 Å². The Labute approximate surface area is 113 Å². The molecule has 3 nitrogen and oxygen atoms in total. The lowest BCUT2D eigenvalue weighted by molar-refractivity contribution is 0.0916. The molecule has 1 atom stereocenters. The van der Waals surface area contributed by atoms with Crippen molar-refractivity contribution >= 4 is 0 Å². The van der Waals surface area contributed by atoms with Crippen LogP contribution in [0.25, 0.3) is 0 Å². The quantitative estimate of drug-likeness (QED) is 0.746. The summed E-state index contributed by atoms with van der Waals surface area (Å²) >= 11 is 0. The normalized spacial score (nSPS) is 24.7. The SMILES string of the molecule is CC(C)CN1CCN(C(C)CCNC2CC2)CC1. The summed E-state index contributed by atoms with van der Waals surface area (Å²) in [5.41, 5.74) is 0. The van der Waals surface area contributed by atoms with Crippen LogP contribution in [0.5, 0.6) is 0 Å². The molecule has 1 N–H and O–H groups in total. The first-order chi connectivity index (χ1) is 8.65. The van der Waals surface area contributed by atoms with E-state index >= 15 is 0 Å². The lowest BCUT2D eigenvalue weighted by Gasteiger charge is -2.38. The molecule has 0 radical (unpaired) electrons. The van der Waals surface area contributed by atoms with Crippen molar-refractivity contribution in [3.8, 4) is 0 Å². The van der Waals surface area contributed by atoms with Crippen molar-refractivity contribution in [1.82, 2.24) is 15.1 Å². The summed E-state index contributed by atoms with van der Waals surface area (Å²) in [6.07, 6.45) is 4.12. The summed E-state index contributed by atoms with van der Waals surface area (Å²) in [6.45, 7) is 14.6. The molecule has 106 valence electrons. The van der Waals surface area contributed by atoms with Gasteiger partial charge in [-0.25, -0.2) is 0 Å². The van der Waals surface area contributed by atoms with Crippen LogP contribution < -0.4 is 5.32 Å². The van der Waals surface area contributed by atoms with Gasteiger partial charge < -0.3 is 10.2 Å². The first kappa shape index (κ1) is 14.3. The molecule has 1 unspecified atom stereocenters. The highest BCUT2D eigenvalue weighted by Crippen LogP contribution is 2.18. The Kier molecular flexibility index (Phi) is 5.46. The average Bonchev–Trinajstić information content (AvgIpc) is 3.13. The number of hydrogen-bond donors (Lipinski definition) is 1. The molecule has 18 heavy (non-hydrogen) atoms. The van der Waals surface area contributed by atoms with E-state index in [4.69, 9.17) is 0 Å². The number of nitrogens with zero attached hydrogens (tertiary/aromatic N) is 2. The van der Waals surface area contributed by atoms with Crippen LogP contribution in [0.2, 0.25) is 0 Å². The third-order valence-corrected chi connectivity index (χ3v) is 4.23. The molecule has 2 fully saturated rings. The Bertz CT molecular complexity index is 230. The van der Waals surface area contributed by atoms with E-state index in [0.29, 0.717) is 0 Å². The Morgan fingerprint density at radius 2 is 1.72 bits per heavy atom.